The summed E-state index contributed by atoms with van der Waals surface area (Å²) in [5, 5.41) is 11.3. The number of hydrogen-bond acceptors (Lipinski definition) is 7. The standard InChI is InChI=1S/C14H17N5O3S/c1-3-22-12(21)8-16-11(20)9-23-14-18-17-13(19(14)2)10-5-4-6-15-7-10/h4-7H,3,8-9H2,1-2H3,(H,16,20). The van der Waals surface area contributed by atoms with E-state index in [1.807, 2.05) is 19.2 Å². The number of amides is 1. The third-order valence-corrected chi connectivity index (χ3v) is 3.84. The monoisotopic (exact) mass is 335 g/mol. The Balaban J connectivity index is 1.88. The van der Waals surface area contributed by atoms with Crippen LogP contribution in [0.5, 0.6) is 0 Å². The minimum Gasteiger partial charge on any atom is -0.465 e. The summed E-state index contributed by atoms with van der Waals surface area (Å²) >= 11 is 1.24. The van der Waals surface area contributed by atoms with Gasteiger partial charge in [0.1, 0.15) is 6.54 Å². The van der Waals surface area contributed by atoms with Crippen molar-refractivity contribution in [3.05, 3.63) is 24.5 Å². The number of ether oxygens (including phenoxy) is 1. The number of thioether (sulfide) groups is 1. The van der Waals surface area contributed by atoms with E-state index < -0.39 is 5.97 Å². The Kier molecular flexibility index (Phi) is 6.10. The number of hydrogen-bond donors (Lipinski definition) is 1. The van der Waals surface area contributed by atoms with E-state index in [0.29, 0.717) is 17.6 Å². The van der Waals surface area contributed by atoms with Gasteiger partial charge in [-0.25, -0.2) is 0 Å². The number of aromatic nitrogens is 4. The molecule has 122 valence electrons. The fourth-order valence-corrected chi connectivity index (χ4v) is 2.49. The molecular weight excluding hydrogens is 318 g/mol. The minimum absolute atomic E-state index is 0.132. The van der Waals surface area contributed by atoms with Crippen molar-refractivity contribution in [2.24, 2.45) is 7.05 Å². The maximum atomic E-state index is 11.7. The summed E-state index contributed by atoms with van der Waals surface area (Å²) in [5.74, 6) is 0.0863. The smallest absolute Gasteiger partial charge is 0.325 e. The summed E-state index contributed by atoms with van der Waals surface area (Å²) in [5.41, 5.74) is 0.848. The van der Waals surface area contributed by atoms with Gasteiger partial charge in [-0.3, -0.25) is 14.6 Å². The van der Waals surface area contributed by atoms with E-state index in [1.165, 1.54) is 11.8 Å². The van der Waals surface area contributed by atoms with Gasteiger partial charge in [-0.1, -0.05) is 11.8 Å². The molecule has 2 rings (SSSR count). The van der Waals surface area contributed by atoms with Crippen molar-refractivity contribution in [1.29, 1.82) is 0 Å². The molecular formula is C14H17N5O3S. The highest BCUT2D eigenvalue weighted by molar-refractivity contribution is 7.99. The van der Waals surface area contributed by atoms with Gasteiger partial charge in [0.2, 0.25) is 5.91 Å². The van der Waals surface area contributed by atoms with E-state index >= 15 is 0 Å². The average molecular weight is 335 g/mol. The number of esters is 1. The van der Waals surface area contributed by atoms with Crippen molar-refractivity contribution in [2.45, 2.75) is 12.1 Å². The second kappa shape index (κ2) is 8.28. The summed E-state index contributed by atoms with van der Waals surface area (Å²) in [6, 6.07) is 3.71. The number of nitrogens with one attached hydrogen (secondary N) is 1. The van der Waals surface area contributed by atoms with Crippen LogP contribution in [-0.4, -0.2) is 50.5 Å². The molecule has 2 aromatic rings. The Bertz CT molecular complexity index is 674. The van der Waals surface area contributed by atoms with Crippen molar-refractivity contribution < 1.29 is 14.3 Å². The molecule has 0 unspecified atom stereocenters. The molecule has 0 aromatic carbocycles. The predicted molar refractivity (Wildman–Crippen MR) is 84.6 cm³/mol. The lowest BCUT2D eigenvalue weighted by Crippen LogP contribution is -2.31. The average Bonchev–Trinajstić information content (AvgIpc) is 2.93. The Morgan fingerprint density at radius 1 is 1.39 bits per heavy atom. The highest BCUT2D eigenvalue weighted by Crippen LogP contribution is 2.21. The topological polar surface area (TPSA) is 99.0 Å². The molecule has 0 radical (unpaired) electrons. The third kappa shape index (κ3) is 4.78. The lowest BCUT2D eigenvalue weighted by molar-refractivity contribution is -0.143. The van der Waals surface area contributed by atoms with Crippen molar-refractivity contribution >= 4 is 23.6 Å². The molecule has 0 bridgehead atoms. The van der Waals surface area contributed by atoms with Crippen LogP contribution < -0.4 is 5.32 Å². The molecule has 23 heavy (non-hydrogen) atoms. The van der Waals surface area contributed by atoms with Crippen molar-refractivity contribution in [2.75, 3.05) is 18.9 Å². The van der Waals surface area contributed by atoms with Gasteiger partial charge in [0, 0.05) is 25.0 Å². The van der Waals surface area contributed by atoms with E-state index in [0.717, 1.165) is 5.56 Å². The molecule has 1 N–H and O–H groups in total. The van der Waals surface area contributed by atoms with Crippen LogP contribution in [0.1, 0.15) is 6.92 Å². The van der Waals surface area contributed by atoms with Gasteiger partial charge in [0.25, 0.3) is 0 Å². The first kappa shape index (κ1) is 16.9. The zero-order valence-corrected chi connectivity index (χ0v) is 13.7. The second-order valence-electron chi connectivity index (χ2n) is 4.48. The van der Waals surface area contributed by atoms with Gasteiger partial charge in [0.05, 0.1) is 12.4 Å². The number of carbonyl (C=O) groups is 2. The van der Waals surface area contributed by atoms with Gasteiger partial charge in [-0.05, 0) is 19.1 Å². The van der Waals surface area contributed by atoms with Crippen LogP contribution in [0.2, 0.25) is 0 Å². The van der Waals surface area contributed by atoms with E-state index in [-0.39, 0.29) is 18.2 Å². The van der Waals surface area contributed by atoms with Crippen molar-refractivity contribution in [3.8, 4) is 11.4 Å². The molecule has 2 heterocycles. The Morgan fingerprint density at radius 2 is 2.22 bits per heavy atom. The van der Waals surface area contributed by atoms with Gasteiger partial charge in [-0.2, -0.15) is 0 Å². The second-order valence-corrected chi connectivity index (χ2v) is 5.42. The van der Waals surface area contributed by atoms with Crippen LogP contribution in [0.25, 0.3) is 11.4 Å². The molecule has 0 saturated heterocycles. The Labute approximate surface area is 137 Å². The van der Waals surface area contributed by atoms with Gasteiger partial charge in [-0.15, -0.1) is 10.2 Å². The maximum Gasteiger partial charge on any atom is 0.325 e. The molecule has 0 fully saturated rings. The first-order valence-electron chi connectivity index (χ1n) is 6.96. The van der Waals surface area contributed by atoms with E-state index in [4.69, 9.17) is 4.74 Å². The minimum atomic E-state index is -0.455. The predicted octanol–water partition coefficient (Wildman–Crippen LogP) is 0.648. The summed E-state index contributed by atoms with van der Waals surface area (Å²) in [6.45, 7) is 1.87. The van der Waals surface area contributed by atoms with Crippen molar-refractivity contribution in [1.82, 2.24) is 25.1 Å². The van der Waals surface area contributed by atoms with Crippen LogP contribution in [0.3, 0.4) is 0 Å². The third-order valence-electron chi connectivity index (χ3n) is 2.82. The molecule has 2 aromatic heterocycles. The molecule has 0 aliphatic rings. The molecule has 0 aliphatic carbocycles. The SMILES string of the molecule is CCOC(=O)CNC(=O)CSc1nnc(-c2cccnc2)n1C. The summed E-state index contributed by atoms with van der Waals surface area (Å²) < 4.78 is 6.53. The largest absolute Gasteiger partial charge is 0.465 e. The van der Waals surface area contributed by atoms with E-state index in [1.54, 1.807) is 23.9 Å². The lowest BCUT2D eigenvalue weighted by atomic mass is 10.3. The lowest BCUT2D eigenvalue weighted by Gasteiger charge is -2.05. The summed E-state index contributed by atoms with van der Waals surface area (Å²) in [7, 11) is 1.82. The van der Waals surface area contributed by atoms with Crippen LogP contribution in [0, 0.1) is 0 Å². The zero-order chi connectivity index (χ0) is 16.7. The molecule has 1 amide bonds. The number of pyridine rings is 1. The Hall–Kier alpha value is -2.42. The number of rotatable bonds is 7. The first-order valence-corrected chi connectivity index (χ1v) is 7.95. The Morgan fingerprint density at radius 3 is 2.91 bits per heavy atom. The van der Waals surface area contributed by atoms with Crippen LogP contribution in [0.4, 0.5) is 0 Å². The number of nitrogens with zero attached hydrogens (tertiary/aromatic N) is 4. The summed E-state index contributed by atoms with van der Waals surface area (Å²) in [6.07, 6.45) is 3.38. The highest BCUT2D eigenvalue weighted by atomic mass is 32.2. The maximum absolute atomic E-state index is 11.7. The van der Waals surface area contributed by atoms with Gasteiger partial charge >= 0.3 is 5.97 Å². The van der Waals surface area contributed by atoms with Crippen LogP contribution >= 0.6 is 11.8 Å². The first-order chi connectivity index (χ1) is 11.1. The molecule has 0 aliphatic heterocycles. The summed E-state index contributed by atoms with van der Waals surface area (Å²) in [4.78, 5) is 26.9. The van der Waals surface area contributed by atoms with Crippen molar-refractivity contribution in [3.63, 3.8) is 0 Å². The van der Waals surface area contributed by atoms with E-state index in [2.05, 4.69) is 20.5 Å². The molecule has 9 heteroatoms. The van der Waals surface area contributed by atoms with Crippen LogP contribution in [0.15, 0.2) is 29.7 Å². The van der Waals surface area contributed by atoms with Gasteiger partial charge in [0.15, 0.2) is 11.0 Å². The molecule has 0 atom stereocenters. The molecule has 8 nitrogen and oxygen atoms in total. The quantitative estimate of drug-likeness (QED) is 0.586. The van der Waals surface area contributed by atoms with E-state index in [9.17, 15) is 9.59 Å². The fraction of sp³-hybridized carbons (Fsp3) is 0.357. The normalized spacial score (nSPS) is 10.3. The molecule has 0 spiro atoms. The highest BCUT2D eigenvalue weighted by Gasteiger charge is 2.13. The fourth-order valence-electron chi connectivity index (χ4n) is 1.75. The number of carbonyl (C=O) groups excluding carboxylic acids is 2. The van der Waals surface area contributed by atoms with Gasteiger partial charge < -0.3 is 14.6 Å². The van der Waals surface area contributed by atoms with Crippen LogP contribution in [-0.2, 0) is 21.4 Å². The molecule has 0 saturated carbocycles. The zero-order valence-electron chi connectivity index (χ0n) is 12.9.